The van der Waals surface area contributed by atoms with Crippen LogP contribution in [-0.4, -0.2) is 6.54 Å². The van der Waals surface area contributed by atoms with Crippen LogP contribution in [0.4, 0.5) is 4.39 Å². The topological polar surface area (TPSA) is 26.0 Å². The van der Waals surface area contributed by atoms with Gasteiger partial charge in [-0.05, 0) is 89.5 Å². The summed E-state index contributed by atoms with van der Waals surface area (Å²) in [5.74, 6) is 2.63. The maximum absolute atomic E-state index is 13.3. The molecule has 20 heavy (non-hydrogen) atoms. The summed E-state index contributed by atoms with van der Waals surface area (Å²) in [5.41, 5.74) is 7.17. The standard InChI is InChI=1S/C17H25BrFN/c1-11(2)13-4-5-14(10-20)15(9-13)7-12-3-6-17(19)16(18)8-12/h3,6,8,11,13-15H,4-5,7,9-10,20H2,1-2H3. The third-order valence-corrected chi connectivity index (χ3v) is 5.52. The highest BCUT2D eigenvalue weighted by molar-refractivity contribution is 9.10. The van der Waals surface area contributed by atoms with Gasteiger partial charge in [-0.1, -0.05) is 19.9 Å². The Bertz CT molecular complexity index is 447. The number of nitrogens with two attached hydrogens (primary N) is 1. The van der Waals surface area contributed by atoms with E-state index in [9.17, 15) is 4.39 Å². The minimum Gasteiger partial charge on any atom is -0.330 e. The molecule has 1 aromatic rings. The van der Waals surface area contributed by atoms with Crippen molar-refractivity contribution in [3.63, 3.8) is 0 Å². The maximum Gasteiger partial charge on any atom is 0.137 e. The average Bonchev–Trinajstić information content (AvgIpc) is 2.42. The van der Waals surface area contributed by atoms with Crippen molar-refractivity contribution < 1.29 is 4.39 Å². The highest BCUT2D eigenvalue weighted by Gasteiger charge is 2.31. The van der Waals surface area contributed by atoms with Crippen molar-refractivity contribution in [1.82, 2.24) is 0 Å². The fourth-order valence-corrected chi connectivity index (χ4v) is 3.92. The number of benzene rings is 1. The van der Waals surface area contributed by atoms with Gasteiger partial charge in [0.05, 0.1) is 4.47 Å². The first kappa shape index (κ1) is 16.0. The molecule has 112 valence electrons. The van der Waals surface area contributed by atoms with Gasteiger partial charge in [0.15, 0.2) is 0 Å². The smallest absolute Gasteiger partial charge is 0.137 e. The number of rotatable bonds is 4. The SMILES string of the molecule is CC(C)C1CCC(CN)C(Cc2ccc(F)c(Br)c2)C1. The normalized spacial score (nSPS) is 27.0. The van der Waals surface area contributed by atoms with Crippen molar-refractivity contribution in [2.24, 2.45) is 29.4 Å². The minimum atomic E-state index is -0.187. The molecule has 1 nitrogen and oxygen atoms in total. The highest BCUT2D eigenvalue weighted by atomic mass is 79.9. The zero-order valence-electron chi connectivity index (χ0n) is 12.4. The molecule has 2 rings (SSSR count). The summed E-state index contributed by atoms with van der Waals surface area (Å²) in [7, 11) is 0. The van der Waals surface area contributed by atoms with Gasteiger partial charge in [0.1, 0.15) is 5.82 Å². The predicted molar refractivity (Wildman–Crippen MR) is 86.0 cm³/mol. The number of halogens is 2. The molecule has 3 heteroatoms. The Balaban J connectivity index is 2.09. The lowest BCUT2D eigenvalue weighted by Crippen LogP contribution is -2.33. The molecule has 0 saturated heterocycles. The second-order valence-corrected chi connectivity index (χ2v) is 7.38. The fraction of sp³-hybridized carbons (Fsp3) is 0.647. The van der Waals surface area contributed by atoms with Crippen LogP contribution < -0.4 is 5.73 Å². The van der Waals surface area contributed by atoms with E-state index in [1.807, 2.05) is 12.1 Å². The van der Waals surface area contributed by atoms with Crippen molar-refractivity contribution in [2.45, 2.75) is 39.5 Å². The first-order chi connectivity index (χ1) is 9.51. The predicted octanol–water partition coefficient (Wildman–Crippen LogP) is 4.78. The first-order valence-corrected chi connectivity index (χ1v) is 8.44. The molecule has 1 saturated carbocycles. The van der Waals surface area contributed by atoms with Crippen molar-refractivity contribution >= 4 is 15.9 Å². The third-order valence-electron chi connectivity index (χ3n) is 4.91. The minimum absolute atomic E-state index is 0.187. The van der Waals surface area contributed by atoms with Gasteiger partial charge in [0.2, 0.25) is 0 Å². The Labute approximate surface area is 130 Å². The van der Waals surface area contributed by atoms with Gasteiger partial charge < -0.3 is 5.73 Å². The summed E-state index contributed by atoms with van der Waals surface area (Å²) in [5, 5.41) is 0. The zero-order chi connectivity index (χ0) is 14.7. The van der Waals surface area contributed by atoms with Gasteiger partial charge in [-0.15, -0.1) is 0 Å². The Kier molecular flexibility index (Phi) is 5.62. The van der Waals surface area contributed by atoms with E-state index in [4.69, 9.17) is 5.73 Å². The van der Waals surface area contributed by atoms with Crippen molar-refractivity contribution in [2.75, 3.05) is 6.54 Å². The van der Waals surface area contributed by atoms with E-state index in [0.717, 1.165) is 24.8 Å². The van der Waals surface area contributed by atoms with Crippen LogP contribution in [0.25, 0.3) is 0 Å². The molecular formula is C17H25BrFN. The molecule has 0 aliphatic heterocycles. The fourth-order valence-electron chi connectivity index (χ4n) is 3.50. The van der Waals surface area contributed by atoms with Gasteiger partial charge in [0.25, 0.3) is 0 Å². The summed E-state index contributed by atoms with van der Waals surface area (Å²) in [6.07, 6.45) is 4.83. The first-order valence-electron chi connectivity index (χ1n) is 7.65. The molecule has 1 aliphatic carbocycles. The van der Waals surface area contributed by atoms with Crippen molar-refractivity contribution in [1.29, 1.82) is 0 Å². The lowest BCUT2D eigenvalue weighted by Gasteiger charge is -2.37. The van der Waals surface area contributed by atoms with E-state index in [1.54, 1.807) is 6.07 Å². The van der Waals surface area contributed by atoms with E-state index >= 15 is 0 Å². The van der Waals surface area contributed by atoms with Gasteiger partial charge >= 0.3 is 0 Å². The van der Waals surface area contributed by atoms with Crippen LogP contribution in [0.3, 0.4) is 0 Å². The molecule has 2 N–H and O–H groups in total. The summed E-state index contributed by atoms with van der Waals surface area (Å²) < 4.78 is 13.9. The molecule has 1 aromatic carbocycles. The van der Waals surface area contributed by atoms with E-state index in [2.05, 4.69) is 29.8 Å². The zero-order valence-corrected chi connectivity index (χ0v) is 14.0. The summed E-state index contributed by atoms with van der Waals surface area (Å²) in [6.45, 7) is 5.41. The highest BCUT2D eigenvalue weighted by Crippen LogP contribution is 2.39. The molecule has 1 aliphatic rings. The Morgan fingerprint density at radius 3 is 2.65 bits per heavy atom. The van der Waals surface area contributed by atoms with Gasteiger partial charge in [-0.3, -0.25) is 0 Å². The van der Waals surface area contributed by atoms with Gasteiger partial charge in [-0.25, -0.2) is 4.39 Å². The van der Waals surface area contributed by atoms with Crippen LogP contribution in [0.1, 0.15) is 38.7 Å². The number of hydrogen-bond donors (Lipinski definition) is 1. The largest absolute Gasteiger partial charge is 0.330 e. The Morgan fingerprint density at radius 2 is 2.05 bits per heavy atom. The number of hydrogen-bond acceptors (Lipinski definition) is 1. The van der Waals surface area contributed by atoms with E-state index < -0.39 is 0 Å². The van der Waals surface area contributed by atoms with Crippen molar-refractivity contribution in [3.05, 3.63) is 34.1 Å². The summed E-state index contributed by atoms with van der Waals surface area (Å²) in [6, 6.07) is 5.38. The summed E-state index contributed by atoms with van der Waals surface area (Å²) in [4.78, 5) is 0. The van der Waals surface area contributed by atoms with Gasteiger partial charge in [-0.2, -0.15) is 0 Å². The Morgan fingerprint density at radius 1 is 1.30 bits per heavy atom. The molecule has 1 fully saturated rings. The van der Waals surface area contributed by atoms with E-state index in [0.29, 0.717) is 16.3 Å². The lowest BCUT2D eigenvalue weighted by molar-refractivity contribution is 0.151. The summed E-state index contributed by atoms with van der Waals surface area (Å²) >= 11 is 3.28. The monoisotopic (exact) mass is 341 g/mol. The maximum atomic E-state index is 13.3. The molecular weight excluding hydrogens is 317 g/mol. The third kappa shape index (κ3) is 3.82. The molecule has 0 aromatic heterocycles. The van der Waals surface area contributed by atoms with E-state index in [-0.39, 0.29) is 5.82 Å². The molecule has 0 amide bonds. The molecule has 0 spiro atoms. The van der Waals surface area contributed by atoms with Crippen LogP contribution in [0.15, 0.2) is 22.7 Å². The molecule has 0 bridgehead atoms. The average molecular weight is 342 g/mol. The second-order valence-electron chi connectivity index (χ2n) is 6.53. The van der Waals surface area contributed by atoms with Gasteiger partial charge in [0, 0.05) is 0 Å². The van der Waals surface area contributed by atoms with Crippen LogP contribution in [-0.2, 0) is 6.42 Å². The molecule has 0 radical (unpaired) electrons. The molecule has 3 atom stereocenters. The lowest BCUT2D eigenvalue weighted by atomic mass is 9.69. The van der Waals surface area contributed by atoms with Crippen molar-refractivity contribution in [3.8, 4) is 0 Å². The van der Waals surface area contributed by atoms with Crippen LogP contribution in [0, 0.1) is 29.5 Å². The van der Waals surface area contributed by atoms with Crippen LogP contribution in [0.2, 0.25) is 0 Å². The quantitative estimate of drug-likeness (QED) is 0.837. The second kappa shape index (κ2) is 7.04. The molecule has 0 heterocycles. The van der Waals surface area contributed by atoms with E-state index in [1.165, 1.54) is 24.8 Å². The Hall–Kier alpha value is -0.410. The van der Waals surface area contributed by atoms with Crippen LogP contribution in [0.5, 0.6) is 0 Å². The molecule has 3 unspecified atom stereocenters. The van der Waals surface area contributed by atoms with Crippen LogP contribution >= 0.6 is 15.9 Å².